The first-order valence-electron chi connectivity index (χ1n) is 10.2. The van der Waals surface area contributed by atoms with Crippen LogP contribution in [0.3, 0.4) is 0 Å². The van der Waals surface area contributed by atoms with Crippen LogP contribution in [0.15, 0.2) is 47.6 Å². The molecular weight excluding hydrogens is 371 g/mol. The molecule has 2 fully saturated rings. The van der Waals surface area contributed by atoms with Crippen molar-refractivity contribution in [3.63, 3.8) is 0 Å². The highest BCUT2D eigenvalue weighted by Gasteiger charge is 2.46. The van der Waals surface area contributed by atoms with E-state index in [-0.39, 0.29) is 17.9 Å². The Morgan fingerprint density at radius 1 is 1.18 bits per heavy atom. The van der Waals surface area contributed by atoms with Gasteiger partial charge < -0.3 is 9.80 Å². The third-order valence-electron chi connectivity index (χ3n) is 6.10. The molecule has 2 aromatic rings. The molecule has 3 aliphatic heterocycles. The largest absolute Gasteiger partial charge is 0.371 e. The summed E-state index contributed by atoms with van der Waals surface area (Å²) in [5.74, 6) is 0.896. The fourth-order valence-corrected chi connectivity index (χ4v) is 5.95. The van der Waals surface area contributed by atoms with E-state index in [4.69, 9.17) is 4.99 Å². The standard InChI is InChI=1S/C22H25FN4S/c1-2-15-14-28-22-25-20(19-7-3-4-10-24-19)21(27(15)22)17-9-8-16(13-18(17)23)26-11-5-6-12-26/h3-4,7-10,13,15,20-21H,2,5-6,11-12,14H2,1H3/t15-,20+,21+/m1/s1. The minimum atomic E-state index is -0.162. The maximum atomic E-state index is 15.4. The number of hydrogen-bond acceptors (Lipinski definition) is 5. The number of thioether (sulfide) groups is 1. The lowest BCUT2D eigenvalue weighted by Gasteiger charge is -2.32. The van der Waals surface area contributed by atoms with Crippen molar-refractivity contribution in [2.75, 3.05) is 23.7 Å². The molecular formula is C22H25FN4S. The van der Waals surface area contributed by atoms with E-state index in [0.29, 0.717) is 6.04 Å². The lowest BCUT2D eigenvalue weighted by Crippen LogP contribution is -2.35. The van der Waals surface area contributed by atoms with Crippen molar-refractivity contribution >= 4 is 22.6 Å². The van der Waals surface area contributed by atoms with Crippen LogP contribution in [0.1, 0.15) is 49.5 Å². The number of nitrogens with zero attached hydrogens (tertiary/aromatic N) is 4. The van der Waals surface area contributed by atoms with Crippen molar-refractivity contribution in [1.82, 2.24) is 9.88 Å². The third-order valence-corrected chi connectivity index (χ3v) is 7.23. The van der Waals surface area contributed by atoms with Gasteiger partial charge in [-0.15, -0.1) is 0 Å². The Balaban J connectivity index is 1.55. The van der Waals surface area contributed by atoms with Crippen LogP contribution in [-0.4, -0.2) is 39.9 Å². The van der Waals surface area contributed by atoms with E-state index >= 15 is 4.39 Å². The zero-order valence-corrected chi connectivity index (χ0v) is 16.9. The fraction of sp³-hybridized carbons (Fsp3) is 0.455. The fourth-order valence-electron chi connectivity index (χ4n) is 4.61. The van der Waals surface area contributed by atoms with Gasteiger partial charge in [-0.3, -0.25) is 9.98 Å². The van der Waals surface area contributed by atoms with E-state index in [1.165, 1.54) is 12.8 Å². The zero-order valence-electron chi connectivity index (χ0n) is 16.1. The molecule has 0 N–H and O–H groups in total. The van der Waals surface area contributed by atoms with Crippen LogP contribution in [-0.2, 0) is 0 Å². The van der Waals surface area contributed by atoms with Crippen LogP contribution in [0.4, 0.5) is 10.1 Å². The summed E-state index contributed by atoms with van der Waals surface area (Å²) in [5.41, 5.74) is 2.64. The Morgan fingerprint density at radius 3 is 2.75 bits per heavy atom. The van der Waals surface area contributed by atoms with Crippen LogP contribution >= 0.6 is 11.8 Å². The lowest BCUT2D eigenvalue weighted by atomic mass is 9.94. The van der Waals surface area contributed by atoms with Crippen molar-refractivity contribution < 1.29 is 4.39 Å². The zero-order chi connectivity index (χ0) is 19.1. The average molecular weight is 397 g/mol. The van der Waals surface area contributed by atoms with Crippen molar-refractivity contribution in [3.05, 3.63) is 59.7 Å². The Labute approximate surface area is 169 Å². The summed E-state index contributed by atoms with van der Waals surface area (Å²) in [6.45, 7) is 4.24. The second kappa shape index (κ2) is 7.39. The monoisotopic (exact) mass is 396 g/mol. The van der Waals surface area contributed by atoms with Crippen LogP contribution < -0.4 is 4.90 Å². The predicted octanol–water partition coefficient (Wildman–Crippen LogP) is 4.80. The van der Waals surface area contributed by atoms with Gasteiger partial charge in [0.25, 0.3) is 0 Å². The molecule has 2 saturated heterocycles. The van der Waals surface area contributed by atoms with E-state index in [2.05, 4.69) is 27.8 Å². The quantitative estimate of drug-likeness (QED) is 0.743. The number of aliphatic imine (C=N–C) groups is 1. The number of hydrogen-bond donors (Lipinski definition) is 0. The second-order valence-electron chi connectivity index (χ2n) is 7.74. The Bertz CT molecular complexity index is 881. The van der Waals surface area contributed by atoms with Gasteiger partial charge in [0.05, 0.1) is 11.7 Å². The topological polar surface area (TPSA) is 31.7 Å². The maximum Gasteiger partial charge on any atom is 0.160 e. The lowest BCUT2D eigenvalue weighted by molar-refractivity contribution is 0.250. The summed E-state index contributed by atoms with van der Waals surface area (Å²) in [6.07, 6.45) is 5.21. The molecule has 146 valence electrons. The number of fused-ring (bicyclic) bond motifs is 1. The molecule has 0 saturated carbocycles. The van der Waals surface area contributed by atoms with E-state index in [1.807, 2.05) is 24.3 Å². The molecule has 0 spiro atoms. The van der Waals surface area contributed by atoms with Gasteiger partial charge in [0, 0.05) is 42.3 Å². The number of anilines is 1. The Hall–Kier alpha value is -2.08. The highest BCUT2D eigenvalue weighted by Crippen LogP contribution is 2.49. The molecule has 4 heterocycles. The summed E-state index contributed by atoms with van der Waals surface area (Å²) in [5, 5.41) is 1.04. The van der Waals surface area contributed by atoms with E-state index in [1.54, 1.807) is 24.0 Å². The third kappa shape index (κ3) is 2.98. The number of benzene rings is 1. The van der Waals surface area contributed by atoms with Gasteiger partial charge in [-0.05, 0) is 43.5 Å². The smallest absolute Gasteiger partial charge is 0.160 e. The van der Waals surface area contributed by atoms with Gasteiger partial charge in [-0.2, -0.15) is 0 Å². The molecule has 0 radical (unpaired) electrons. The second-order valence-corrected chi connectivity index (χ2v) is 8.72. The molecule has 5 rings (SSSR count). The molecule has 3 aliphatic rings. The number of aromatic nitrogens is 1. The molecule has 28 heavy (non-hydrogen) atoms. The van der Waals surface area contributed by atoms with E-state index in [9.17, 15) is 0 Å². The predicted molar refractivity (Wildman–Crippen MR) is 113 cm³/mol. The number of halogens is 1. The molecule has 3 atom stereocenters. The minimum Gasteiger partial charge on any atom is -0.371 e. The van der Waals surface area contributed by atoms with Gasteiger partial charge >= 0.3 is 0 Å². The average Bonchev–Trinajstić information content (AvgIpc) is 3.45. The van der Waals surface area contributed by atoms with Crippen LogP contribution in [0.5, 0.6) is 0 Å². The van der Waals surface area contributed by atoms with Crippen LogP contribution in [0, 0.1) is 5.82 Å². The highest BCUT2D eigenvalue weighted by molar-refractivity contribution is 8.14. The van der Waals surface area contributed by atoms with Gasteiger partial charge in [0.2, 0.25) is 0 Å². The molecule has 1 aromatic carbocycles. The normalized spacial score (nSPS) is 26.6. The molecule has 4 nitrogen and oxygen atoms in total. The van der Waals surface area contributed by atoms with Crippen molar-refractivity contribution in [2.45, 2.75) is 44.3 Å². The van der Waals surface area contributed by atoms with Crippen molar-refractivity contribution in [3.8, 4) is 0 Å². The first kappa shape index (κ1) is 18.0. The van der Waals surface area contributed by atoms with Gasteiger partial charge in [0.15, 0.2) is 5.17 Å². The number of rotatable bonds is 4. The first-order chi connectivity index (χ1) is 13.8. The van der Waals surface area contributed by atoms with Crippen LogP contribution in [0.2, 0.25) is 0 Å². The molecule has 0 unspecified atom stereocenters. The minimum absolute atomic E-state index is 0.126. The summed E-state index contributed by atoms with van der Waals surface area (Å²) in [6, 6.07) is 11.8. The first-order valence-corrected chi connectivity index (χ1v) is 11.2. The van der Waals surface area contributed by atoms with Crippen LogP contribution in [0.25, 0.3) is 0 Å². The van der Waals surface area contributed by atoms with Gasteiger partial charge in [-0.25, -0.2) is 4.39 Å². The molecule has 0 amide bonds. The molecule has 0 bridgehead atoms. The Morgan fingerprint density at radius 2 is 2.04 bits per heavy atom. The number of pyridine rings is 1. The Kier molecular flexibility index (Phi) is 4.75. The molecule has 6 heteroatoms. The number of amidine groups is 1. The van der Waals surface area contributed by atoms with Gasteiger partial charge in [0.1, 0.15) is 11.9 Å². The van der Waals surface area contributed by atoms with E-state index in [0.717, 1.165) is 47.4 Å². The summed E-state index contributed by atoms with van der Waals surface area (Å²) < 4.78 is 15.4. The SMILES string of the molecule is CC[C@@H]1CSC2=N[C@@H](c3ccccn3)[C@H](c3ccc(N4CCCC4)cc3F)N21. The highest BCUT2D eigenvalue weighted by atomic mass is 32.2. The maximum absolute atomic E-state index is 15.4. The molecule has 0 aliphatic carbocycles. The van der Waals surface area contributed by atoms with E-state index < -0.39 is 0 Å². The summed E-state index contributed by atoms with van der Waals surface area (Å²) >= 11 is 1.79. The van der Waals surface area contributed by atoms with Crippen molar-refractivity contribution in [2.24, 2.45) is 4.99 Å². The summed E-state index contributed by atoms with van der Waals surface area (Å²) in [4.78, 5) is 14.2. The molecule has 1 aromatic heterocycles. The van der Waals surface area contributed by atoms with Crippen molar-refractivity contribution in [1.29, 1.82) is 0 Å². The summed E-state index contributed by atoms with van der Waals surface area (Å²) in [7, 11) is 0. The van der Waals surface area contributed by atoms with Gasteiger partial charge in [-0.1, -0.05) is 30.8 Å².